The van der Waals surface area contributed by atoms with E-state index in [9.17, 15) is 4.79 Å². The second kappa shape index (κ2) is 5.64. The maximum Gasteiger partial charge on any atom is 0.310 e. The quantitative estimate of drug-likeness (QED) is 0.657. The van der Waals surface area contributed by atoms with E-state index in [-0.39, 0.29) is 6.10 Å². The molecule has 0 rings (SSSR count). The van der Waals surface area contributed by atoms with Crippen LogP contribution in [0.5, 0.6) is 0 Å². The summed E-state index contributed by atoms with van der Waals surface area (Å²) in [6, 6.07) is 0. The molecule has 0 aliphatic carbocycles. The van der Waals surface area contributed by atoms with Crippen molar-refractivity contribution in [3.05, 3.63) is 0 Å². The molecular weight excluding hydrogens is 206 g/mol. The largest absolute Gasteiger partial charge is 0.481 e. The van der Waals surface area contributed by atoms with E-state index in [1.165, 1.54) is 0 Å². The van der Waals surface area contributed by atoms with Gasteiger partial charge in [-0.25, -0.2) is 0 Å². The van der Waals surface area contributed by atoms with Crippen LogP contribution in [0.3, 0.4) is 0 Å². The number of aliphatic carboxylic acids is 1. The smallest absolute Gasteiger partial charge is 0.310 e. The minimum atomic E-state index is -0.815. The van der Waals surface area contributed by atoms with E-state index in [0.29, 0.717) is 13.2 Å². The lowest BCUT2D eigenvalue weighted by Gasteiger charge is -2.39. The first kappa shape index (κ1) is 15.4. The third-order valence-electron chi connectivity index (χ3n) is 3.22. The second-order valence-corrected chi connectivity index (χ2v) is 5.40. The van der Waals surface area contributed by atoms with Crippen LogP contribution in [0, 0.1) is 5.41 Å². The number of carboxylic acid groups (broad SMARTS) is 1. The minimum Gasteiger partial charge on any atom is -0.481 e. The first-order valence-corrected chi connectivity index (χ1v) is 5.71. The van der Waals surface area contributed by atoms with Gasteiger partial charge in [-0.05, 0) is 41.5 Å². The molecule has 0 atom stereocenters. The molecule has 0 amide bonds. The predicted octanol–water partition coefficient (Wildman–Crippen LogP) is 1.89. The number of hydrogen-bond donors (Lipinski definition) is 2. The molecule has 0 spiro atoms. The first-order chi connectivity index (χ1) is 7.11. The molecule has 0 bridgehead atoms. The molecule has 0 aromatic rings. The Morgan fingerprint density at radius 2 is 1.81 bits per heavy atom. The Morgan fingerprint density at radius 3 is 2.19 bits per heavy atom. The lowest BCUT2D eigenvalue weighted by Crippen LogP contribution is -2.55. The van der Waals surface area contributed by atoms with Crippen LogP contribution in [0.4, 0.5) is 0 Å². The molecule has 0 heterocycles. The number of rotatable bonds is 7. The molecule has 4 heteroatoms. The van der Waals surface area contributed by atoms with Gasteiger partial charge in [0.1, 0.15) is 0 Å². The molecule has 0 aliphatic heterocycles. The van der Waals surface area contributed by atoms with Gasteiger partial charge in [-0.1, -0.05) is 0 Å². The summed E-state index contributed by atoms with van der Waals surface area (Å²) in [6.07, 6.45) is 0.206. The van der Waals surface area contributed by atoms with E-state index in [1.54, 1.807) is 13.8 Å². The highest BCUT2D eigenvalue weighted by Crippen LogP contribution is 2.30. The number of carboxylic acids is 1. The Morgan fingerprint density at radius 1 is 1.31 bits per heavy atom. The molecule has 0 aromatic carbocycles. The third kappa shape index (κ3) is 4.10. The molecule has 0 radical (unpaired) electrons. The summed E-state index contributed by atoms with van der Waals surface area (Å²) < 4.78 is 5.40. The van der Waals surface area contributed by atoms with Gasteiger partial charge in [0.25, 0.3) is 0 Å². The van der Waals surface area contributed by atoms with Crippen LogP contribution in [-0.4, -0.2) is 35.9 Å². The Balaban J connectivity index is 4.19. The van der Waals surface area contributed by atoms with Gasteiger partial charge >= 0.3 is 5.97 Å². The van der Waals surface area contributed by atoms with Gasteiger partial charge in [0.2, 0.25) is 0 Å². The zero-order valence-corrected chi connectivity index (χ0v) is 11.3. The van der Waals surface area contributed by atoms with Gasteiger partial charge in [-0.3, -0.25) is 4.79 Å². The molecule has 0 aliphatic rings. The van der Waals surface area contributed by atoms with Crippen molar-refractivity contribution in [2.45, 2.75) is 53.2 Å². The van der Waals surface area contributed by atoms with Crippen molar-refractivity contribution in [1.29, 1.82) is 0 Å². The Bertz CT molecular complexity index is 234. The van der Waals surface area contributed by atoms with E-state index in [0.717, 1.165) is 0 Å². The van der Waals surface area contributed by atoms with Gasteiger partial charge in [-0.2, -0.15) is 0 Å². The topological polar surface area (TPSA) is 58.6 Å². The minimum absolute atomic E-state index is 0.206. The van der Waals surface area contributed by atoms with E-state index < -0.39 is 16.9 Å². The molecule has 96 valence electrons. The number of nitrogens with one attached hydrogen (secondary N) is 1. The zero-order chi connectivity index (χ0) is 13.0. The van der Waals surface area contributed by atoms with Crippen molar-refractivity contribution in [3.63, 3.8) is 0 Å². The van der Waals surface area contributed by atoms with Crippen LogP contribution in [0.15, 0.2) is 0 Å². The SMILES string of the molecule is CC(C)OCCNC(C)(C)C(C)(C)C(=O)O. The van der Waals surface area contributed by atoms with Crippen molar-refractivity contribution in [1.82, 2.24) is 5.32 Å². The lowest BCUT2D eigenvalue weighted by atomic mass is 9.74. The highest BCUT2D eigenvalue weighted by Gasteiger charge is 2.42. The lowest BCUT2D eigenvalue weighted by molar-refractivity contribution is -0.151. The van der Waals surface area contributed by atoms with Gasteiger partial charge in [0.05, 0.1) is 18.1 Å². The van der Waals surface area contributed by atoms with Crippen molar-refractivity contribution in [3.8, 4) is 0 Å². The van der Waals surface area contributed by atoms with Crippen LogP contribution in [-0.2, 0) is 9.53 Å². The highest BCUT2D eigenvalue weighted by atomic mass is 16.5. The van der Waals surface area contributed by atoms with Crippen LogP contribution >= 0.6 is 0 Å². The van der Waals surface area contributed by atoms with Crippen LogP contribution < -0.4 is 5.32 Å². The normalized spacial score (nSPS) is 13.2. The maximum atomic E-state index is 11.1. The molecule has 0 unspecified atom stereocenters. The van der Waals surface area contributed by atoms with Crippen LogP contribution in [0.2, 0.25) is 0 Å². The number of carbonyl (C=O) groups is 1. The summed E-state index contributed by atoms with van der Waals surface area (Å²) in [5.74, 6) is -0.797. The summed E-state index contributed by atoms with van der Waals surface area (Å²) in [7, 11) is 0. The van der Waals surface area contributed by atoms with Gasteiger partial charge in [0, 0.05) is 12.1 Å². The van der Waals surface area contributed by atoms with Gasteiger partial charge in [-0.15, -0.1) is 0 Å². The predicted molar refractivity (Wildman–Crippen MR) is 64.6 cm³/mol. The number of ether oxygens (including phenoxy) is 1. The van der Waals surface area contributed by atoms with Crippen molar-refractivity contribution in [2.24, 2.45) is 5.41 Å². The van der Waals surface area contributed by atoms with Crippen LogP contribution in [0.1, 0.15) is 41.5 Å². The van der Waals surface area contributed by atoms with Crippen molar-refractivity contribution >= 4 is 5.97 Å². The van der Waals surface area contributed by atoms with Crippen molar-refractivity contribution < 1.29 is 14.6 Å². The van der Waals surface area contributed by atoms with E-state index in [1.807, 2.05) is 27.7 Å². The second-order valence-electron chi connectivity index (χ2n) is 5.40. The summed E-state index contributed by atoms with van der Waals surface area (Å²) in [4.78, 5) is 11.1. The molecule has 2 N–H and O–H groups in total. The Labute approximate surface area is 98.4 Å². The molecule has 0 saturated carbocycles. The maximum absolute atomic E-state index is 11.1. The molecule has 0 aromatic heterocycles. The van der Waals surface area contributed by atoms with E-state index in [2.05, 4.69) is 5.32 Å². The Hall–Kier alpha value is -0.610. The first-order valence-electron chi connectivity index (χ1n) is 5.71. The monoisotopic (exact) mass is 231 g/mol. The Kier molecular flexibility index (Phi) is 5.42. The molecule has 0 saturated heterocycles. The number of hydrogen-bond acceptors (Lipinski definition) is 3. The van der Waals surface area contributed by atoms with Gasteiger partial charge in [0.15, 0.2) is 0 Å². The van der Waals surface area contributed by atoms with Crippen molar-refractivity contribution in [2.75, 3.05) is 13.2 Å². The summed E-state index contributed by atoms with van der Waals surface area (Å²) in [5, 5.41) is 12.4. The van der Waals surface area contributed by atoms with Gasteiger partial charge < -0.3 is 15.2 Å². The van der Waals surface area contributed by atoms with E-state index >= 15 is 0 Å². The van der Waals surface area contributed by atoms with E-state index in [4.69, 9.17) is 9.84 Å². The summed E-state index contributed by atoms with van der Waals surface area (Å²) in [5.41, 5.74) is -1.29. The molecule has 0 fully saturated rings. The third-order valence-corrected chi connectivity index (χ3v) is 3.22. The standard InChI is InChI=1S/C12H25NO3/c1-9(2)16-8-7-13-12(5,6)11(3,4)10(14)15/h9,13H,7-8H2,1-6H3,(H,14,15). The fourth-order valence-corrected chi connectivity index (χ4v) is 1.15. The summed E-state index contributed by atoms with van der Waals surface area (Å²) >= 11 is 0. The summed E-state index contributed by atoms with van der Waals surface area (Å²) in [6.45, 7) is 12.5. The average molecular weight is 231 g/mol. The molecule has 16 heavy (non-hydrogen) atoms. The highest BCUT2D eigenvalue weighted by molar-refractivity contribution is 5.75. The van der Waals surface area contributed by atoms with Crippen LogP contribution in [0.25, 0.3) is 0 Å². The molecular formula is C12H25NO3. The average Bonchev–Trinajstić information content (AvgIpc) is 2.11. The fourth-order valence-electron chi connectivity index (χ4n) is 1.15. The zero-order valence-electron chi connectivity index (χ0n) is 11.3. The fraction of sp³-hybridized carbons (Fsp3) is 0.917. The molecule has 4 nitrogen and oxygen atoms in total.